The fourth-order valence-corrected chi connectivity index (χ4v) is 5.47. The molecule has 1 heterocycles. The topological polar surface area (TPSA) is 141 Å². The van der Waals surface area contributed by atoms with E-state index in [2.05, 4.69) is 20.9 Å². The second-order valence-corrected chi connectivity index (χ2v) is 11.4. The van der Waals surface area contributed by atoms with Crippen molar-refractivity contribution in [3.63, 3.8) is 0 Å². The number of hydrogen-bond acceptors (Lipinski definition) is 7. The Labute approximate surface area is 259 Å². The largest absolute Gasteiger partial charge is 0.494 e. The van der Waals surface area contributed by atoms with E-state index in [1.807, 2.05) is 36.4 Å². The van der Waals surface area contributed by atoms with Gasteiger partial charge in [-0.25, -0.2) is 10.4 Å². The average Bonchev–Trinajstić information content (AvgIpc) is 3.76. The third kappa shape index (κ3) is 7.41. The summed E-state index contributed by atoms with van der Waals surface area (Å²) in [5.41, 5.74) is 16.2. The van der Waals surface area contributed by atoms with Gasteiger partial charge in [0.2, 0.25) is 5.90 Å². The molecular weight excluding hydrogens is 591 g/mol. The first kappa shape index (κ1) is 30.7. The standard InChI is InChI=1S/C31H32Cl2N6O4/c32-24-10-13-26(27(33)16-24)28-31(30(41)38-35-18-20-6-7-20,17-22-4-1-2-5-23(22)19-36-39-34)37-29(43-28)21-8-11-25(12-9-21)42-15-3-14-40/h1-2,4-5,8-13,16,20,28,35,40H,3,6-7,14-15,17-19H2,(H,38,41)/t28-,31-/m0/s1. The van der Waals surface area contributed by atoms with Gasteiger partial charge in [-0.3, -0.25) is 10.2 Å². The molecule has 0 unspecified atom stereocenters. The van der Waals surface area contributed by atoms with E-state index < -0.39 is 11.6 Å². The van der Waals surface area contributed by atoms with Crippen molar-refractivity contribution in [2.24, 2.45) is 16.0 Å². The average molecular weight is 624 g/mol. The van der Waals surface area contributed by atoms with Crippen LogP contribution >= 0.6 is 23.2 Å². The van der Waals surface area contributed by atoms with Crippen molar-refractivity contribution in [3.05, 3.63) is 109 Å². The van der Waals surface area contributed by atoms with Gasteiger partial charge in [0.25, 0.3) is 5.91 Å². The van der Waals surface area contributed by atoms with Crippen LogP contribution in [0.3, 0.4) is 0 Å². The first-order valence-electron chi connectivity index (χ1n) is 14.1. The number of nitrogens with one attached hydrogen (secondary N) is 2. The van der Waals surface area contributed by atoms with E-state index in [-0.39, 0.29) is 31.4 Å². The summed E-state index contributed by atoms with van der Waals surface area (Å²) >= 11 is 13.0. The van der Waals surface area contributed by atoms with Gasteiger partial charge < -0.3 is 14.6 Å². The zero-order valence-corrected chi connectivity index (χ0v) is 24.9. The van der Waals surface area contributed by atoms with E-state index in [1.165, 1.54) is 0 Å². The van der Waals surface area contributed by atoms with E-state index >= 15 is 0 Å². The Morgan fingerprint density at radius 2 is 1.91 bits per heavy atom. The first-order chi connectivity index (χ1) is 20.9. The lowest BCUT2D eigenvalue weighted by Gasteiger charge is -2.32. The zero-order valence-electron chi connectivity index (χ0n) is 23.4. The minimum Gasteiger partial charge on any atom is -0.494 e. The molecule has 5 rings (SSSR count). The third-order valence-electron chi connectivity index (χ3n) is 7.45. The Hall–Kier alpha value is -3.79. The summed E-state index contributed by atoms with van der Waals surface area (Å²) in [7, 11) is 0. The molecule has 12 heteroatoms. The van der Waals surface area contributed by atoms with Crippen molar-refractivity contribution in [3.8, 4) is 5.75 Å². The van der Waals surface area contributed by atoms with Gasteiger partial charge in [0, 0.05) is 52.1 Å². The van der Waals surface area contributed by atoms with Gasteiger partial charge in [-0.05, 0) is 71.8 Å². The van der Waals surface area contributed by atoms with Crippen LogP contribution in [0, 0.1) is 5.92 Å². The molecule has 1 aliphatic carbocycles. The van der Waals surface area contributed by atoms with Gasteiger partial charge in [0.1, 0.15) is 5.75 Å². The summed E-state index contributed by atoms with van der Waals surface area (Å²) in [6.07, 6.45) is 1.98. The zero-order chi connectivity index (χ0) is 30.2. The highest BCUT2D eigenvalue weighted by atomic mass is 35.5. The molecule has 2 atom stereocenters. The number of azide groups is 1. The minimum atomic E-state index is -1.49. The smallest absolute Gasteiger partial charge is 0.266 e. The van der Waals surface area contributed by atoms with Gasteiger partial charge in [-0.1, -0.05) is 58.6 Å². The summed E-state index contributed by atoms with van der Waals surface area (Å²) in [5.74, 6) is 1.04. The maximum atomic E-state index is 14.3. The Morgan fingerprint density at radius 1 is 1.14 bits per heavy atom. The Kier molecular flexibility index (Phi) is 10.1. The van der Waals surface area contributed by atoms with Crippen LogP contribution < -0.4 is 15.6 Å². The number of aliphatic hydroxyl groups excluding tert-OH is 1. The Morgan fingerprint density at radius 3 is 2.60 bits per heavy atom. The second-order valence-electron chi connectivity index (χ2n) is 10.6. The van der Waals surface area contributed by atoms with Crippen LogP contribution in [0.4, 0.5) is 0 Å². The number of hydrogen-bond donors (Lipinski definition) is 3. The summed E-state index contributed by atoms with van der Waals surface area (Å²) in [4.78, 5) is 22.2. The molecule has 0 saturated heterocycles. The van der Waals surface area contributed by atoms with Gasteiger partial charge >= 0.3 is 0 Å². The van der Waals surface area contributed by atoms with Crippen LogP contribution in [0.15, 0.2) is 76.8 Å². The van der Waals surface area contributed by atoms with Crippen molar-refractivity contribution in [1.82, 2.24) is 10.9 Å². The van der Waals surface area contributed by atoms with Crippen LogP contribution in [-0.2, 0) is 22.5 Å². The number of carbonyl (C=O) groups is 1. The van der Waals surface area contributed by atoms with Crippen LogP contribution in [0.5, 0.6) is 5.75 Å². The van der Waals surface area contributed by atoms with Crippen molar-refractivity contribution in [2.75, 3.05) is 19.8 Å². The van der Waals surface area contributed by atoms with Crippen LogP contribution in [0.25, 0.3) is 10.4 Å². The first-order valence-corrected chi connectivity index (χ1v) is 14.9. The molecule has 0 spiro atoms. The quantitative estimate of drug-likeness (QED) is 0.0655. The van der Waals surface area contributed by atoms with Gasteiger partial charge in [-0.15, -0.1) is 0 Å². The van der Waals surface area contributed by atoms with Gasteiger partial charge in [0.15, 0.2) is 11.6 Å². The maximum Gasteiger partial charge on any atom is 0.266 e. The van der Waals surface area contributed by atoms with Crippen LogP contribution in [-0.4, -0.2) is 42.2 Å². The summed E-state index contributed by atoms with van der Waals surface area (Å²) in [6.45, 7) is 1.20. The maximum absolute atomic E-state index is 14.3. The lowest BCUT2D eigenvalue weighted by molar-refractivity contribution is -0.130. The van der Waals surface area contributed by atoms with Crippen molar-refractivity contribution in [2.45, 2.75) is 43.9 Å². The normalized spacial score (nSPS) is 19.2. The number of hydrazine groups is 1. The number of ether oxygens (including phenoxy) is 2. The second kappa shape index (κ2) is 14.1. The molecule has 0 bridgehead atoms. The number of aliphatic imine (C=N–C) groups is 1. The van der Waals surface area contributed by atoms with Crippen molar-refractivity contribution < 1.29 is 19.4 Å². The fraction of sp³-hybridized carbons (Fsp3) is 0.355. The number of halogens is 2. The molecule has 0 aromatic heterocycles. The SMILES string of the molecule is [N-]=[N+]=NCc1ccccc1C[C@]1(C(=O)NNCC2CC2)N=C(c2ccc(OCCCO)cc2)O[C@H]1c1ccc(Cl)cc1Cl. The highest BCUT2D eigenvalue weighted by Gasteiger charge is 2.54. The molecule has 2 aliphatic rings. The number of rotatable bonds is 14. The molecule has 3 N–H and O–H groups in total. The molecule has 43 heavy (non-hydrogen) atoms. The molecule has 10 nitrogen and oxygen atoms in total. The minimum absolute atomic E-state index is 0.0447. The van der Waals surface area contributed by atoms with E-state index in [4.69, 9.17) is 48.3 Å². The summed E-state index contributed by atoms with van der Waals surface area (Å²) < 4.78 is 12.2. The fourth-order valence-electron chi connectivity index (χ4n) is 4.96. The van der Waals surface area contributed by atoms with Gasteiger partial charge in [0.05, 0.1) is 13.2 Å². The summed E-state index contributed by atoms with van der Waals surface area (Å²) in [6, 6.07) is 19.7. The third-order valence-corrected chi connectivity index (χ3v) is 8.01. The molecule has 224 valence electrons. The Bertz CT molecular complexity index is 1520. The number of aliphatic hydroxyl groups is 1. The molecule has 1 fully saturated rings. The predicted octanol–water partition coefficient (Wildman–Crippen LogP) is 6.10. The monoisotopic (exact) mass is 622 g/mol. The molecule has 0 radical (unpaired) electrons. The highest BCUT2D eigenvalue weighted by molar-refractivity contribution is 6.35. The van der Waals surface area contributed by atoms with E-state index in [0.717, 1.165) is 24.0 Å². The Balaban J connectivity index is 1.58. The molecule has 3 aromatic carbocycles. The number of carbonyl (C=O) groups excluding carboxylic acids is 1. The van der Waals surface area contributed by atoms with Crippen molar-refractivity contribution in [1.29, 1.82) is 0 Å². The van der Waals surface area contributed by atoms with Crippen LogP contribution in [0.2, 0.25) is 10.0 Å². The number of amides is 1. The van der Waals surface area contributed by atoms with Crippen LogP contribution in [0.1, 0.15) is 47.6 Å². The highest BCUT2D eigenvalue weighted by Crippen LogP contribution is 2.45. The van der Waals surface area contributed by atoms with E-state index in [9.17, 15) is 4.79 Å². The molecule has 3 aromatic rings. The number of nitrogens with zero attached hydrogens (tertiary/aromatic N) is 4. The molecule has 1 saturated carbocycles. The number of benzene rings is 3. The van der Waals surface area contributed by atoms with E-state index in [0.29, 0.717) is 52.4 Å². The lowest BCUT2D eigenvalue weighted by Crippen LogP contribution is -2.54. The van der Waals surface area contributed by atoms with Gasteiger partial charge in [-0.2, -0.15) is 0 Å². The molecule has 1 aliphatic heterocycles. The molecular formula is C31H32Cl2N6O4. The summed E-state index contributed by atoms with van der Waals surface area (Å²) in [5, 5.41) is 13.6. The molecule has 1 amide bonds. The predicted molar refractivity (Wildman–Crippen MR) is 165 cm³/mol. The lowest BCUT2D eigenvalue weighted by atomic mass is 9.81. The van der Waals surface area contributed by atoms with Crippen molar-refractivity contribution >= 4 is 35.0 Å². The van der Waals surface area contributed by atoms with E-state index in [1.54, 1.807) is 30.3 Å².